The first kappa shape index (κ1) is 16.2. The smallest absolute Gasteiger partial charge is 0.183 e. The van der Waals surface area contributed by atoms with E-state index >= 15 is 4.39 Å². The van der Waals surface area contributed by atoms with Crippen LogP contribution in [0, 0.1) is 0 Å². The van der Waals surface area contributed by atoms with Gasteiger partial charge in [0.05, 0.1) is 12.8 Å². The lowest BCUT2D eigenvalue weighted by molar-refractivity contribution is 0.314. The Morgan fingerprint density at radius 2 is 1.81 bits per heavy atom. The molecular formula is C20H17FN4O. The minimum Gasteiger partial charge on any atom is -0.467 e. The maximum absolute atomic E-state index is 15.1. The van der Waals surface area contributed by atoms with E-state index in [0.29, 0.717) is 23.8 Å². The van der Waals surface area contributed by atoms with E-state index in [1.54, 1.807) is 23.1 Å². The van der Waals surface area contributed by atoms with E-state index < -0.39 is 6.17 Å². The molecule has 1 aromatic carbocycles. The highest BCUT2D eigenvalue weighted by molar-refractivity contribution is 5.49. The van der Waals surface area contributed by atoms with Gasteiger partial charge < -0.3 is 4.42 Å². The average Bonchev–Trinajstić information content (AvgIpc) is 3.34. The summed E-state index contributed by atoms with van der Waals surface area (Å²) in [5, 5.41) is 8.32. The number of halogens is 1. The predicted molar refractivity (Wildman–Crippen MR) is 95.1 cm³/mol. The number of hydrogen-bond donors (Lipinski definition) is 0. The van der Waals surface area contributed by atoms with Gasteiger partial charge in [-0.25, -0.2) is 4.39 Å². The molecule has 0 fully saturated rings. The van der Waals surface area contributed by atoms with Crippen molar-refractivity contribution in [1.29, 1.82) is 0 Å². The molecule has 4 aromatic rings. The van der Waals surface area contributed by atoms with Crippen LogP contribution in [-0.2, 0) is 13.0 Å². The van der Waals surface area contributed by atoms with E-state index in [1.807, 2.05) is 54.6 Å². The van der Waals surface area contributed by atoms with Gasteiger partial charge in [-0.3, -0.25) is 9.55 Å². The lowest BCUT2D eigenvalue weighted by atomic mass is 10.1. The van der Waals surface area contributed by atoms with Crippen molar-refractivity contribution in [1.82, 2.24) is 19.7 Å². The van der Waals surface area contributed by atoms with Gasteiger partial charge in [-0.2, -0.15) is 0 Å². The van der Waals surface area contributed by atoms with Gasteiger partial charge in [0.15, 0.2) is 17.8 Å². The monoisotopic (exact) mass is 348 g/mol. The molecule has 0 radical (unpaired) electrons. The Balaban J connectivity index is 1.70. The molecule has 0 aliphatic carbocycles. The summed E-state index contributed by atoms with van der Waals surface area (Å²) < 4.78 is 22.2. The van der Waals surface area contributed by atoms with E-state index in [-0.39, 0.29) is 12.2 Å². The molecule has 3 heterocycles. The van der Waals surface area contributed by atoms with Crippen LogP contribution in [0.5, 0.6) is 0 Å². The Bertz CT molecular complexity index is 952. The van der Waals surface area contributed by atoms with Crippen molar-refractivity contribution < 1.29 is 8.81 Å². The molecule has 1 unspecified atom stereocenters. The van der Waals surface area contributed by atoms with Crippen LogP contribution in [0.3, 0.4) is 0 Å². The van der Waals surface area contributed by atoms with Gasteiger partial charge in [0, 0.05) is 12.6 Å². The molecule has 0 bridgehead atoms. The third-order valence-electron chi connectivity index (χ3n) is 4.11. The number of benzene rings is 1. The molecule has 0 saturated carbocycles. The van der Waals surface area contributed by atoms with Gasteiger partial charge >= 0.3 is 0 Å². The molecule has 0 saturated heterocycles. The molecule has 0 aliphatic heterocycles. The Morgan fingerprint density at radius 1 is 0.962 bits per heavy atom. The van der Waals surface area contributed by atoms with E-state index in [2.05, 4.69) is 15.2 Å². The molecule has 0 amide bonds. The van der Waals surface area contributed by atoms with E-state index in [9.17, 15) is 0 Å². The quantitative estimate of drug-likeness (QED) is 0.523. The highest BCUT2D eigenvalue weighted by atomic mass is 19.1. The van der Waals surface area contributed by atoms with Crippen molar-refractivity contribution in [3.8, 4) is 11.5 Å². The zero-order valence-electron chi connectivity index (χ0n) is 14.0. The SMILES string of the molecule is FC(Cc1ccccc1)c1nnc(-c2ccccn2)n1Cc1ccco1. The van der Waals surface area contributed by atoms with Gasteiger partial charge in [0.1, 0.15) is 11.5 Å². The number of furan rings is 1. The molecule has 130 valence electrons. The number of pyridine rings is 1. The highest BCUT2D eigenvalue weighted by Gasteiger charge is 2.23. The molecule has 3 aromatic heterocycles. The third kappa shape index (κ3) is 3.39. The van der Waals surface area contributed by atoms with Crippen LogP contribution >= 0.6 is 0 Å². The molecule has 1 atom stereocenters. The summed E-state index contributed by atoms with van der Waals surface area (Å²) in [4.78, 5) is 4.32. The summed E-state index contributed by atoms with van der Waals surface area (Å²) in [6.45, 7) is 0.344. The van der Waals surface area contributed by atoms with Crippen molar-refractivity contribution in [3.63, 3.8) is 0 Å². The molecule has 5 nitrogen and oxygen atoms in total. The first-order valence-corrected chi connectivity index (χ1v) is 8.36. The van der Waals surface area contributed by atoms with Crippen LogP contribution in [0.4, 0.5) is 4.39 Å². The maximum Gasteiger partial charge on any atom is 0.183 e. The summed E-state index contributed by atoms with van der Waals surface area (Å²) in [6.07, 6.45) is 2.23. The summed E-state index contributed by atoms with van der Waals surface area (Å²) in [5.74, 6) is 1.49. The van der Waals surface area contributed by atoms with Crippen LogP contribution in [-0.4, -0.2) is 19.7 Å². The predicted octanol–water partition coefficient (Wildman–Crippen LogP) is 4.23. The lowest BCUT2D eigenvalue weighted by Gasteiger charge is -2.12. The second kappa shape index (κ2) is 7.31. The second-order valence-electron chi connectivity index (χ2n) is 5.92. The molecule has 0 N–H and O–H groups in total. The van der Waals surface area contributed by atoms with Gasteiger partial charge in [0.2, 0.25) is 0 Å². The van der Waals surface area contributed by atoms with Gasteiger partial charge in [-0.1, -0.05) is 36.4 Å². The molecule has 6 heteroatoms. The number of nitrogens with zero attached hydrogens (tertiary/aromatic N) is 4. The number of alkyl halides is 1. The minimum atomic E-state index is -1.28. The molecule has 0 aliphatic rings. The number of aromatic nitrogens is 4. The fourth-order valence-corrected chi connectivity index (χ4v) is 2.86. The van der Waals surface area contributed by atoms with Crippen LogP contribution < -0.4 is 0 Å². The average molecular weight is 348 g/mol. The maximum atomic E-state index is 15.1. The molecule has 4 rings (SSSR count). The topological polar surface area (TPSA) is 56.7 Å². The number of hydrogen-bond acceptors (Lipinski definition) is 4. The molecule has 26 heavy (non-hydrogen) atoms. The van der Waals surface area contributed by atoms with Crippen LogP contribution in [0.2, 0.25) is 0 Å². The number of rotatable bonds is 6. The summed E-state index contributed by atoms with van der Waals surface area (Å²) in [5.41, 5.74) is 1.55. The van der Waals surface area contributed by atoms with Crippen LogP contribution in [0.25, 0.3) is 11.5 Å². The standard InChI is InChI=1S/C20H17FN4O/c21-17(13-15-7-2-1-3-8-15)19-23-24-20(18-10-4-5-11-22-18)25(19)14-16-9-6-12-26-16/h1-12,17H,13-14H2. The fraction of sp³-hybridized carbons (Fsp3) is 0.150. The van der Waals surface area contributed by atoms with Gasteiger partial charge in [-0.05, 0) is 29.8 Å². The lowest BCUT2D eigenvalue weighted by Crippen LogP contribution is -2.10. The first-order chi connectivity index (χ1) is 12.8. The Morgan fingerprint density at radius 3 is 2.54 bits per heavy atom. The van der Waals surface area contributed by atoms with Gasteiger partial charge in [-0.15, -0.1) is 10.2 Å². The second-order valence-corrected chi connectivity index (χ2v) is 5.92. The van der Waals surface area contributed by atoms with Crippen molar-refractivity contribution in [2.45, 2.75) is 19.1 Å². The fourth-order valence-electron chi connectivity index (χ4n) is 2.86. The minimum absolute atomic E-state index is 0.235. The summed E-state index contributed by atoms with van der Waals surface area (Å²) in [7, 11) is 0. The van der Waals surface area contributed by atoms with Crippen molar-refractivity contribution in [3.05, 3.63) is 90.3 Å². The van der Waals surface area contributed by atoms with E-state index in [4.69, 9.17) is 4.42 Å². The van der Waals surface area contributed by atoms with E-state index in [1.165, 1.54) is 0 Å². The summed E-state index contributed by atoms with van der Waals surface area (Å²) >= 11 is 0. The Hall–Kier alpha value is -3.28. The zero-order valence-corrected chi connectivity index (χ0v) is 14.0. The zero-order chi connectivity index (χ0) is 17.8. The van der Waals surface area contributed by atoms with Crippen LogP contribution in [0.15, 0.2) is 77.5 Å². The largest absolute Gasteiger partial charge is 0.467 e. The molecule has 0 spiro atoms. The van der Waals surface area contributed by atoms with Gasteiger partial charge in [0.25, 0.3) is 0 Å². The Kier molecular flexibility index (Phi) is 4.55. The van der Waals surface area contributed by atoms with Crippen molar-refractivity contribution in [2.24, 2.45) is 0 Å². The first-order valence-electron chi connectivity index (χ1n) is 8.36. The van der Waals surface area contributed by atoms with Crippen molar-refractivity contribution in [2.75, 3.05) is 0 Å². The third-order valence-corrected chi connectivity index (χ3v) is 4.11. The highest BCUT2D eigenvalue weighted by Crippen LogP contribution is 2.26. The Labute approximate surface area is 150 Å². The normalized spacial score (nSPS) is 12.2. The summed E-state index contributed by atoms with van der Waals surface area (Å²) in [6, 6.07) is 18.7. The molecular weight excluding hydrogens is 331 g/mol. The van der Waals surface area contributed by atoms with E-state index in [0.717, 1.165) is 5.56 Å². The van der Waals surface area contributed by atoms with Crippen molar-refractivity contribution >= 4 is 0 Å². The van der Waals surface area contributed by atoms with Crippen LogP contribution in [0.1, 0.15) is 23.3 Å².